The van der Waals surface area contributed by atoms with Crippen LogP contribution < -0.4 is 9.64 Å². The number of rotatable bonds is 9. The molecule has 2 rings (SSSR count). The van der Waals surface area contributed by atoms with Gasteiger partial charge in [-0.25, -0.2) is 4.79 Å². The van der Waals surface area contributed by atoms with Crippen LogP contribution in [0, 0.1) is 6.92 Å². The third-order valence-electron chi connectivity index (χ3n) is 5.15. The zero-order valence-corrected chi connectivity index (χ0v) is 20.2. The van der Waals surface area contributed by atoms with Gasteiger partial charge in [0.15, 0.2) is 0 Å². The summed E-state index contributed by atoms with van der Waals surface area (Å²) in [7, 11) is 2.99. The molecule has 0 aliphatic rings. The normalized spacial score (nSPS) is 10.3. The van der Waals surface area contributed by atoms with Crippen LogP contribution in [0.4, 0.5) is 5.69 Å². The van der Waals surface area contributed by atoms with Gasteiger partial charge in [0.2, 0.25) is 0 Å². The lowest BCUT2D eigenvalue weighted by molar-refractivity contribution is 0.0600. The summed E-state index contributed by atoms with van der Waals surface area (Å²) >= 11 is 12.9. The Hall–Kier alpha value is -2.39. The molecule has 0 bridgehead atoms. The molecule has 0 atom stereocenters. The van der Waals surface area contributed by atoms with Gasteiger partial charge in [-0.2, -0.15) is 0 Å². The summed E-state index contributed by atoms with van der Waals surface area (Å²) in [6.45, 7) is 6.86. The van der Waals surface area contributed by atoms with Crippen LogP contribution in [0.25, 0.3) is 0 Å². The van der Waals surface area contributed by atoms with Crippen molar-refractivity contribution in [3.63, 3.8) is 0 Å². The van der Waals surface area contributed by atoms with Crippen LogP contribution in [-0.4, -0.2) is 26.7 Å². The van der Waals surface area contributed by atoms with Crippen molar-refractivity contribution in [2.45, 2.75) is 40.0 Å². The molecule has 0 spiro atoms. The highest BCUT2D eigenvalue weighted by Crippen LogP contribution is 2.32. The van der Waals surface area contributed by atoms with Gasteiger partial charge in [0.1, 0.15) is 5.75 Å². The molecule has 0 amide bonds. The zero-order chi connectivity index (χ0) is 23.0. The quantitative estimate of drug-likeness (QED) is 0.297. The third-order valence-corrected chi connectivity index (χ3v) is 5.81. The molecule has 0 N–H and O–H groups in total. The molecule has 0 aliphatic carbocycles. The van der Waals surface area contributed by atoms with Crippen molar-refractivity contribution in [1.82, 2.24) is 0 Å². The van der Waals surface area contributed by atoms with Gasteiger partial charge in [0.25, 0.3) is 0 Å². The van der Waals surface area contributed by atoms with Gasteiger partial charge in [-0.1, -0.05) is 36.5 Å². The summed E-state index contributed by atoms with van der Waals surface area (Å²) in [5, 5.41) is 1.24. The minimum Gasteiger partial charge on any atom is -0.497 e. The number of hydrogen-bond acceptors (Lipinski definition) is 4. The van der Waals surface area contributed by atoms with Crippen molar-refractivity contribution in [3.05, 3.63) is 74.6 Å². The molecule has 0 saturated heterocycles. The first kappa shape index (κ1) is 24.9. The molecule has 6 heteroatoms. The summed E-state index contributed by atoms with van der Waals surface area (Å²) < 4.78 is 10.1. The first-order valence-corrected chi connectivity index (χ1v) is 11.0. The van der Waals surface area contributed by atoms with Crippen LogP contribution in [0.5, 0.6) is 5.75 Å². The Morgan fingerprint density at radius 1 is 1.16 bits per heavy atom. The maximum atomic E-state index is 12.0. The van der Waals surface area contributed by atoms with Gasteiger partial charge in [-0.15, -0.1) is 5.73 Å². The van der Waals surface area contributed by atoms with Crippen LogP contribution in [0.15, 0.2) is 47.8 Å². The fraction of sp³-hybridized carbons (Fsp3) is 0.360. The van der Waals surface area contributed by atoms with E-state index in [1.165, 1.54) is 7.11 Å². The van der Waals surface area contributed by atoms with Crippen molar-refractivity contribution < 1.29 is 14.3 Å². The first-order chi connectivity index (χ1) is 14.8. The number of carbonyl (C=O) groups is 1. The van der Waals surface area contributed by atoms with E-state index in [0.29, 0.717) is 22.0 Å². The number of methoxy groups -OCH3 is 2. The van der Waals surface area contributed by atoms with Gasteiger partial charge in [0.05, 0.1) is 36.2 Å². The van der Waals surface area contributed by atoms with Crippen LogP contribution in [0.2, 0.25) is 10.0 Å². The van der Waals surface area contributed by atoms with E-state index in [1.807, 2.05) is 38.1 Å². The molecule has 0 aliphatic heterocycles. The molecule has 0 aromatic heterocycles. The first-order valence-electron chi connectivity index (χ1n) is 10.2. The Morgan fingerprint density at radius 2 is 1.90 bits per heavy atom. The van der Waals surface area contributed by atoms with Crippen LogP contribution >= 0.6 is 23.2 Å². The van der Waals surface area contributed by atoms with Crippen molar-refractivity contribution >= 4 is 34.9 Å². The molecular weight excluding hydrogens is 433 g/mol. The average molecular weight is 462 g/mol. The maximum absolute atomic E-state index is 12.0. The summed E-state index contributed by atoms with van der Waals surface area (Å²) in [4.78, 5) is 14.1. The number of hydrogen-bond donors (Lipinski definition) is 0. The lowest BCUT2D eigenvalue weighted by Gasteiger charge is -2.25. The average Bonchev–Trinajstić information content (AvgIpc) is 2.76. The van der Waals surface area contributed by atoms with E-state index in [0.717, 1.165) is 47.6 Å². The molecular formula is C25H29Cl2NO3. The smallest absolute Gasteiger partial charge is 0.338 e. The molecule has 0 fully saturated rings. The fourth-order valence-electron chi connectivity index (χ4n) is 3.30. The molecule has 2 aromatic rings. The Bertz CT molecular complexity index is 995. The Kier molecular flexibility index (Phi) is 9.51. The van der Waals surface area contributed by atoms with Crippen LogP contribution in [0.3, 0.4) is 0 Å². The molecule has 2 aromatic carbocycles. The molecule has 31 heavy (non-hydrogen) atoms. The van der Waals surface area contributed by atoms with Crippen molar-refractivity contribution in [2.75, 3.05) is 25.7 Å². The molecule has 0 unspecified atom stereocenters. The van der Waals surface area contributed by atoms with Crippen LogP contribution in [0.1, 0.15) is 48.2 Å². The van der Waals surface area contributed by atoms with E-state index in [4.69, 9.17) is 32.7 Å². The van der Waals surface area contributed by atoms with E-state index in [9.17, 15) is 4.79 Å². The monoisotopic (exact) mass is 461 g/mol. The predicted octanol–water partition coefficient (Wildman–Crippen LogP) is 7.01. The van der Waals surface area contributed by atoms with Gasteiger partial charge in [-0.3, -0.25) is 0 Å². The van der Waals surface area contributed by atoms with Crippen molar-refractivity contribution in [1.29, 1.82) is 0 Å². The Balaban J connectivity index is 2.37. The lowest BCUT2D eigenvalue weighted by atomic mass is 10.00. The zero-order valence-electron chi connectivity index (χ0n) is 18.7. The predicted molar refractivity (Wildman–Crippen MR) is 129 cm³/mol. The second-order valence-electron chi connectivity index (χ2n) is 7.15. The number of ether oxygens (including phenoxy) is 2. The molecule has 4 nitrogen and oxygen atoms in total. The maximum Gasteiger partial charge on any atom is 0.338 e. The largest absolute Gasteiger partial charge is 0.497 e. The molecule has 166 valence electrons. The van der Waals surface area contributed by atoms with E-state index < -0.39 is 0 Å². The standard InChI is InChI=1S/C25H29Cl2NO3/c1-6-7-15-28(24-14-11-19(30-4)16-23(24)27)17(2)9-8-10-20-18(3)21(25(29)31-5)12-13-22(20)26/h8,11-14,16H,6-7,10,15H2,1-5H3. The number of benzene rings is 2. The number of esters is 1. The van der Waals surface area contributed by atoms with Crippen molar-refractivity contribution in [2.24, 2.45) is 0 Å². The minimum absolute atomic E-state index is 0.369. The van der Waals surface area contributed by atoms with E-state index in [2.05, 4.69) is 17.6 Å². The Labute approximate surface area is 195 Å². The van der Waals surface area contributed by atoms with Gasteiger partial charge >= 0.3 is 5.97 Å². The number of halogens is 2. The second-order valence-corrected chi connectivity index (χ2v) is 7.97. The number of anilines is 1. The van der Waals surface area contributed by atoms with Crippen molar-refractivity contribution in [3.8, 4) is 5.75 Å². The summed E-state index contributed by atoms with van der Waals surface area (Å²) in [5.74, 6) is 0.350. The van der Waals surface area contributed by atoms with E-state index in [-0.39, 0.29) is 5.97 Å². The van der Waals surface area contributed by atoms with E-state index in [1.54, 1.807) is 19.2 Å². The fourth-order valence-corrected chi connectivity index (χ4v) is 3.86. The van der Waals surface area contributed by atoms with Gasteiger partial charge in [0, 0.05) is 17.6 Å². The molecule has 0 heterocycles. The Morgan fingerprint density at radius 3 is 2.52 bits per heavy atom. The van der Waals surface area contributed by atoms with E-state index >= 15 is 0 Å². The highest BCUT2D eigenvalue weighted by Gasteiger charge is 2.15. The third kappa shape index (κ3) is 6.30. The van der Waals surface area contributed by atoms with Gasteiger partial charge in [-0.05, 0) is 68.2 Å². The number of unbranched alkanes of at least 4 members (excludes halogenated alkanes) is 1. The van der Waals surface area contributed by atoms with Crippen LogP contribution in [-0.2, 0) is 11.2 Å². The van der Waals surface area contributed by atoms with Gasteiger partial charge < -0.3 is 14.4 Å². The number of nitrogens with zero attached hydrogens (tertiary/aromatic N) is 1. The highest BCUT2D eigenvalue weighted by molar-refractivity contribution is 6.33. The second kappa shape index (κ2) is 11.9. The SMILES string of the molecule is CCCCN(C(C)=C=CCc1c(Cl)ccc(C(=O)OC)c1C)c1ccc(OC)cc1Cl. The number of carbonyl (C=O) groups excluding carboxylic acids is 1. The lowest BCUT2D eigenvalue weighted by Crippen LogP contribution is -2.22. The highest BCUT2D eigenvalue weighted by atomic mass is 35.5. The minimum atomic E-state index is -0.369. The topological polar surface area (TPSA) is 38.8 Å². The molecule has 0 saturated carbocycles. The summed E-state index contributed by atoms with van der Waals surface area (Å²) in [5.41, 5.74) is 7.44. The molecule has 0 radical (unpaired) electrons. The summed E-state index contributed by atoms with van der Waals surface area (Å²) in [6.07, 6.45) is 4.57. The number of allylic oxidation sites excluding steroid dienone is 1. The summed E-state index contributed by atoms with van der Waals surface area (Å²) in [6, 6.07) is 9.09.